The van der Waals surface area contributed by atoms with Crippen molar-refractivity contribution in [3.63, 3.8) is 0 Å². The van der Waals surface area contributed by atoms with Gasteiger partial charge in [0.1, 0.15) is 0 Å². The lowest BCUT2D eigenvalue weighted by Gasteiger charge is -2.12. The first-order chi connectivity index (χ1) is 11.1. The van der Waals surface area contributed by atoms with E-state index in [1.165, 1.54) is 64.2 Å². The Balaban J connectivity index is 3.35. The van der Waals surface area contributed by atoms with Crippen molar-refractivity contribution in [3.05, 3.63) is 0 Å². The minimum atomic E-state index is -3.82. The fraction of sp³-hybridized carbons (Fsp3) is 1.00. The van der Waals surface area contributed by atoms with Crippen LogP contribution < -0.4 is 10.2 Å². The van der Waals surface area contributed by atoms with Gasteiger partial charge in [-0.2, -0.15) is 4.20 Å². The Hall–Kier alpha value is 0.0800. The standard InChI is InChI=1S/C18H40FN2OP/c1-3-5-7-9-11-13-15-17-20-23(19,22)21-18-16-14-12-10-8-6-4-2/h3-18H2,1-2H3,(H2,20,21,22). The number of nitrogens with one attached hydrogen (secondary N) is 2. The van der Waals surface area contributed by atoms with Gasteiger partial charge >= 0.3 is 7.75 Å². The third-order valence-electron chi connectivity index (χ3n) is 4.19. The molecule has 23 heavy (non-hydrogen) atoms. The van der Waals surface area contributed by atoms with Crippen molar-refractivity contribution in [1.82, 2.24) is 10.2 Å². The lowest BCUT2D eigenvalue weighted by Crippen LogP contribution is -2.21. The van der Waals surface area contributed by atoms with Gasteiger partial charge in [-0.15, -0.1) is 0 Å². The molecule has 2 N–H and O–H groups in total. The van der Waals surface area contributed by atoms with Gasteiger partial charge in [-0.25, -0.2) is 10.2 Å². The van der Waals surface area contributed by atoms with Crippen LogP contribution in [0.3, 0.4) is 0 Å². The fourth-order valence-electron chi connectivity index (χ4n) is 2.67. The van der Waals surface area contributed by atoms with Gasteiger partial charge in [0, 0.05) is 13.1 Å². The highest BCUT2D eigenvalue weighted by atomic mass is 31.2. The third kappa shape index (κ3) is 18.3. The zero-order valence-corrected chi connectivity index (χ0v) is 16.4. The molecule has 0 unspecified atom stereocenters. The first-order valence-corrected chi connectivity index (χ1v) is 11.5. The average molecular weight is 351 g/mol. The van der Waals surface area contributed by atoms with Crippen molar-refractivity contribution in [2.45, 2.75) is 104 Å². The predicted octanol–water partition coefficient (Wildman–Crippen LogP) is 6.74. The SMILES string of the molecule is CCCCCCCCCNP(=O)(F)NCCCCCCCCC. The van der Waals surface area contributed by atoms with E-state index in [1.807, 2.05) is 0 Å². The number of hydrogen-bond acceptors (Lipinski definition) is 1. The maximum atomic E-state index is 13.8. The number of hydrogen-bond donors (Lipinski definition) is 2. The summed E-state index contributed by atoms with van der Waals surface area (Å²) in [5, 5.41) is 5.12. The Labute approximate surface area is 144 Å². The van der Waals surface area contributed by atoms with Crippen LogP contribution in [0.5, 0.6) is 0 Å². The van der Waals surface area contributed by atoms with E-state index in [1.54, 1.807) is 0 Å². The van der Waals surface area contributed by atoms with Gasteiger partial charge in [0.25, 0.3) is 0 Å². The summed E-state index contributed by atoms with van der Waals surface area (Å²) >= 11 is 0. The van der Waals surface area contributed by atoms with Crippen LogP contribution in [-0.4, -0.2) is 13.1 Å². The van der Waals surface area contributed by atoms with Crippen molar-refractivity contribution in [3.8, 4) is 0 Å². The molecule has 5 heteroatoms. The molecule has 0 fully saturated rings. The maximum absolute atomic E-state index is 13.8. The van der Waals surface area contributed by atoms with E-state index in [-0.39, 0.29) is 0 Å². The van der Waals surface area contributed by atoms with Gasteiger partial charge in [-0.3, -0.25) is 4.57 Å². The van der Waals surface area contributed by atoms with E-state index >= 15 is 0 Å². The van der Waals surface area contributed by atoms with Crippen LogP contribution in [0.25, 0.3) is 0 Å². The van der Waals surface area contributed by atoms with Crippen LogP contribution in [0.15, 0.2) is 0 Å². The molecule has 0 spiro atoms. The van der Waals surface area contributed by atoms with Crippen molar-refractivity contribution < 1.29 is 8.76 Å². The monoisotopic (exact) mass is 350 g/mol. The zero-order chi connectivity index (χ0) is 17.2. The summed E-state index contributed by atoms with van der Waals surface area (Å²) < 4.78 is 25.4. The minimum Gasteiger partial charge on any atom is -0.251 e. The number of unbranched alkanes of at least 4 members (excludes halogenated alkanes) is 12. The molecule has 0 heterocycles. The van der Waals surface area contributed by atoms with Crippen LogP contribution in [0, 0.1) is 0 Å². The summed E-state index contributed by atoms with van der Waals surface area (Å²) in [5.74, 6) is 0. The van der Waals surface area contributed by atoms with Crippen molar-refractivity contribution in [1.29, 1.82) is 0 Å². The maximum Gasteiger partial charge on any atom is 0.377 e. The molecule has 3 nitrogen and oxygen atoms in total. The van der Waals surface area contributed by atoms with Crippen LogP contribution >= 0.6 is 7.75 Å². The summed E-state index contributed by atoms with van der Waals surface area (Å²) in [5.41, 5.74) is 0. The van der Waals surface area contributed by atoms with E-state index in [4.69, 9.17) is 0 Å². The normalized spacial score (nSPS) is 12.0. The topological polar surface area (TPSA) is 41.1 Å². The Morgan fingerprint density at radius 3 is 1.26 bits per heavy atom. The molecule has 0 aromatic rings. The summed E-state index contributed by atoms with van der Waals surface area (Å²) in [7, 11) is -3.82. The van der Waals surface area contributed by atoms with E-state index in [0.717, 1.165) is 25.7 Å². The molecular formula is C18H40FN2OP. The molecule has 0 aromatic carbocycles. The van der Waals surface area contributed by atoms with Gasteiger partial charge in [-0.1, -0.05) is 90.9 Å². The van der Waals surface area contributed by atoms with Gasteiger partial charge < -0.3 is 0 Å². The third-order valence-corrected chi connectivity index (χ3v) is 5.45. The highest BCUT2D eigenvalue weighted by Gasteiger charge is 2.17. The first kappa shape index (κ1) is 23.1. The molecule has 0 aromatic heterocycles. The Morgan fingerprint density at radius 2 is 0.913 bits per heavy atom. The predicted molar refractivity (Wildman–Crippen MR) is 101 cm³/mol. The van der Waals surface area contributed by atoms with Gasteiger partial charge in [0.15, 0.2) is 0 Å². The summed E-state index contributed by atoms with van der Waals surface area (Å²) in [6.45, 7) is 5.43. The van der Waals surface area contributed by atoms with E-state index in [0.29, 0.717) is 13.1 Å². The largest absolute Gasteiger partial charge is 0.377 e. The quantitative estimate of drug-likeness (QED) is 0.212. The van der Waals surface area contributed by atoms with E-state index in [2.05, 4.69) is 24.0 Å². The second-order valence-electron chi connectivity index (χ2n) is 6.59. The first-order valence-electron chi connectivity index (χ1n) is 9.92. The minimum absolute atomic E-state index is 0.506. The Bertz CT molecular complexity index is 266. The average Bonchev–Trinajstić information content (AvgIpc) is 2.52. The van der Waals surface area contributed by atoms with Crippen LogP contribution in [-0.2, 0) is 4.57 Å². The molecule has 0 aliphatic rings. The molecule has 0 bridgehead atoms. The van der Waals surface area contributed by atoms with Gasteiger partial charge in [-0.05, 0) is 12.8 Å². The summed E-state index contributed by atoms with van der Waals surface area (Å²) in [6, 6.07) is 0. The van der Waals surface area contributed by atoms with Crippen LogP contribution in [0.4, 0.5) is 4.20 Å². The van der Waals surface area contributed by atoms with Crippen molar-refractivity contribution >= 4 is 7.75 Å². The highest BCUT2D eigenvalue weighted by Crippen LogP contribution is 2.37. The summed E-state index contributed by atoms with van der Waals surface area (Å²) in [6.07, 6.45) is 16.6. The zero-order valence-electron chi connectivity index (χ0n) is 15.5. The second-order valence-corrected chi connectivity index (χ2v) is 8.29. The lowest BCUT2D eigenvalue weighted by molar-refractivity contribution is 0.500. The van der Waals surface area contributed by atoms with Crippen molar-refractivity contribution in [2.75, 3.05) is 13.1 Å². The van der Waals surface area contributed by atoms with E-state index in [9.17, 15) is 8.76 Å². The molecule has 0 aliphatic heterocycles. The van der Waals surface area contributed by atoms with Crippen LogP contribution in [0.2, 0.25) is 0 Å². The molecule has 0 radical (unpaired) electrons. The van der Waals surface area contributed by atoms with Gasteiger partial charge in [0.05, 0.1) is 0 Å². The molecule has 0 rings (SSSR count). The molecule has 0 saturated carbocycles. The fourth-order valence-corrected chi connectivity index (χ4v) is 3.67. The molecular weight excluding hydrogens is 310 g/mol. The summed E-state index contributed by atoms with van der Waals surface area (Å²) in [4.78, 5) is 0. The van der Waals surface area contributed by atoms with Gasteiger partial charge in [0.2, 0.25) is 0 Å². The molecule has 0 amide bonds. The highest BCUT2D eigenvalue weighted by molar-refractivity contribution is 7.54. The second kappa shape index (κ2) is 16.9. The van der Waals surface area contributed by atoms with E-state index < -0.39 is 7.75 Å². The lowest BCUT2D eigenvalue weighted by atomic mass is 10.1. The molecule has 0 saturated heterocycles. The number of rotatable bonds is 18. The molecule has 0 aliphatic carbocycles. The smallest absolute Gasteiger partial charge is 0.251 e. The van der Waals surface area contributed by atoms with Crippen LogP contribution in [0.1, 0.15) is 104 Å². The molecule has 0 atom stereocenters. The Morgan fingerprint density at radius 1 is 0.609 bits per heavy atom. The Kier molecular flexibility index (Phi) is 17.0. The van der Waals surface area contributed by atoms with Crippen molar-refractivity contribution in [2.24, 2.45) is 0 Å². The molecule has 140 valence electrons. The number of halogens is 1.